The number of nitrogens with zero attached hydrogens (tertiary/aromatic N) is 4. The fourth-order valence-electron chi connectivity index (χ4n) is 9.75. The second kappa shape index (κ2) is 34.9. The molecule has 11 N–H and O–H groups in total. The van der Waals surface area contributed by atoms with E-state index in [1.807, 2.05) is 12.1 Å². The number of hydrogen-bond acceptors (Lipinski definition) is 18. The monoisotopic (exact) mass is 1320 g/mol. The highest BCUT2D eigenvalue weighted by Crippen LogP contribution is 2.41. The van der Waals surface area contributed by atoms with E-state index in [1.54, 1.807) is 55.8 Å². The lowest BCUT2D eigenvalue weighted by Crippen LogP contribution is -2.58. The van der Waals surface area contributed by atoms with Crippen LogP contribution >= 0.6 is 0 Å². The maximum Gasteiger partial charge on any atom is 0.335 e. The first-order valence-electron chi connectivity index (χ1n) is 29.7. The molecule has 0 unspecified atom stereocenters. The minimum atomic E-state index is -1.88. The number of aliphatic carboxylic acids is 1. The van der Waals surface area contributed by atoms with Gasteiger partial charge in [0.1, 0.15) is 55.0 Å². The third-order valence-corrected chi connectivity index (χ3v) is 14.4. The molecule has 508 valence electrons. The number of halogens is 2. The summed E-state index contributed by atoms with van der Waals surface area (Å²) in [6.45, 7) is 4.09. The van der Waals surface area contributed by atoms with Crippen molar-refractivity contribution in [3.05, 3.63) is 95.8 Å². The number of carbonyl (C=O) groups excluding carboxylic acids is 14. The molecule has 2 aliphatic rings. The maximum absolute atomic E-state index is 15.5. The van der Waals surface area contributed by atoms with Gasteiger partial charge in [-0.1, -0.05) is 51.1 Å². The van der Waals surface area contributed by atoms with E-state index in [0.29, 0.717) is 15.7 Å². The number of aromatic nitrogens is 1. The van der Waals surface area contributed by atoms with Crippen LogP contribution in [-0.2, 0) is 88.0 Å². The molecule has 5 rings (SSSR count). The average Bonchev–Trinajstić information content (AvgIpc) is 1.53. The van der Waals surface area contributed by atoms with Gasteiger partial charge in [0.15, 0.2) is 0 Å². The van der Waals surface area contributed by atoms with Crippen molar-refractivity contribution in [1.29, 1.82) is 0 Å². The number of aliphatic hydroxyl groups is 1. The Kier molecular flexibility index (Phi) is 27.7. The lowest BCUT2D eigenvalue weighted by Gasteiger charge is -2.41. The van der Waals surface area contributed by atoms with Gasteiger partial charge in [0, 0.05) is 87.0 Å². The molecule has 3 aromatic rings. The Labute approximate surface area is 537 Å². The number of benzene rings is 2. The highest BCUT2D eigenvalue weighted by molar-refractivity contribution is 6.14. The van der Waals surface area contributed by atoms with Crippen LogP contribution in [0.25, 0.3) is 11.1 Å². The first kappa shape index (κ1) is 74.4. The van der Waals surface area contributed by atoms with Gasteiger partial charge in [-0.05, 0) is 61.9 Å². The Hall–Kier alpha value is -10.3. The number of carboxylic acid groups (broad SMARTS) is 1. The molecular formula is C61H76F2N12O19. The molecule has 94 heavy (non-hydrogen) atoms. The lowest BCUT2D eigenvalue weighted by atomic mass is 9.82. The van der Waals surface area contributed by atoms with E-state index in [1.165, 1.54) is 18.7 Å². The fraction of sp³-hybridized carbons (Fsp3) is 0.459. The molecule has 3 heterocycles. The van der Waals surface area contributed by atoms with Crippen LogP contribution in [0.1, 0.15) is 103 Å². The van der Waals surface area contributed by atoms with Crippen molar-refractivity contribution in [3.8, 4) is 11.1 Å². The molecule has 0 aliphatic carbocycles. The predicted octanol–water partition coefficient (Wildman–Crippen LogP) is -1.45. The Bertz CT molecular complexity index is 3360. The van der Waals surface area contributed by atoms with Crippen LogP contribution in [0.4, 0.5) is 8.78 Å². The van der Waals surface area contributed by atoms with Gasteiger partial charge < -0.3 is 72.2 Å². The standard InChI is InChI=1S/C61H76F2N12O19/c1-34(67-46(78)20-25-93-26-21-54(87)94-75-50(82)16-17-51(75)83)56(88)68-35(2)57(89)71-43(29-45(64)77)60(92)70-42(59(91)66-23-22-65-58(90)41(13-18-53(85)86)69-47(79)32-74-48(80)14-15-49(74)81)19-24-73(52(84)33-76)55(61(3,4)5)44-27-37(39-28-38(62)11-12-40(39)63)31-72(44)30-36-9-7-6-8-10-36/h6-12,14-15,27-28,31,34-35,41-43,55,76H,13,16-26,29-30,32-33H2,1-5H3,(H2,64,77)(H,65,90)(H,66,91)(H,67,78)(H,68,88)(H,69,79)(H,70,92)(H,71,89)(H,85,86)/t34-,35-,41+,42-,43-,55-/m0/s1. The molecule has 0 radical (unpaired) electrons. The number of aliphatic hydroxyl groups excluding tert-OH is 1. The highest BCUT2D eigenvalue weighted by Gasteiger charge is 2.39. The van der Waals surface area contributed by atoms with Gasteiger partial charge in [-0.3, -0.25) is 72.0 Å². The molecule has 2 aromatic carbocycles. The van der Waals surface area contributed by atoms with Crippen LogP contribution < -0.4 is 43.0 Å². The summed E-state index contributed by atoms with van der Waals surface area (Å²) in [4.78, 5) is 199. The van der Waals surface area contributed by atoms with Crippen molar-refractivity contribution in [2.75, 3.05) is 46.0 Å². The zero-order valence-electron chi connectivity index (χ0n) is 52.2. The number of ether oxygens (including phenoxy) is 1. The highest BCUT2D eigenvalue weighted by atomic mass is 19.1. The molecule has 0 bridgehead atoms. The van der Waals surface area contributed by atoms with Crippen molar-refractivity contribution >= 4 is 88.7 Å². The van der Waals surface area contributed by atoms with Gasteiger partial charge in [-0.15, -0.1) is 5.06 Å². The number of nitrogens with one attached hydrogen (secondary N) is 7. The summed E-state index contributed by atoms with van der Waals surface area (Å²) < 4.78 is 37.2. The fourth-order valence-corrected chi connectivity index (χ4v) is 9.75. The van der Waals surface area contributed by atoms with E-state index < -0.39 is 201 Å². The summed E-state index contributed by atoms with van der Waals surface area (Å²) in [6.07, 6.45) is 0.0332. The number of primary amides is 1. The Morgan fingerprint density at radius 2 is 1.28 bits per heavy atom. The second-order valence-electron chi connectivity index (χ2n) is 22.9. The molecule has 0 spiro atoms. The zero-order chi connectivity index (χ0) is 69.6. The van der Waals surface area contributed by atoms with Gasteiger partial charge >= 0.3 is 11.9 Å². The third kappa shape index (κ3) is 22.5. The normalized spacial score (nSPS) is 14.8. The molecular weight excluding hydrogens is 1240 g/mol. The Morgan fingerprint density at radius 3 is 1.87 bits per heavy atom. The number of hydrogen-bond donors (Lipinski definition) is 10. The molecule has 33 heteroatoms. The van der Waals surface area contributed by atoms with E-state index >= 15 is 4.39 Å². The Balaban J connectivity index is 1.35. The van der Waals surface area contributed by atoms with Gasteiger partial charge in [-0.25, -0.2) is 13.6 Å². The minimum absolute atomic E-state index is 0.0981. The van der Waals surface area contributed by atoms with Crippen LogP contribution in [-0.4, -0.2) is 195 Å². The number of rotatable bonds is 36. The van der Waals surface area contributed by atoms with Gasteiger partial charge in [0.05, 0.1) is 32.1 Å². The van der Waals surface area contributed by atoms with Crippen LogP contribution in [0.5, 0.6) is 0 Å². The van der Waals surface area contributed by atoms with Crippen molar-refractivity contribution < 1.29 is 100 Å². The SMILES string of the molecule is C[C@H](NC(=O)CCOCCC(=O)ON1C(=O)CCC1=O)C(=O)N[C@@H](C)C(=O)N[C@@H](CC(N)=O)C(=O)N[C@@H](CCN(C(=O)CO)[C@@H](c1cc(-c2cc(F)ccc2F)cn1Cc1ccccc1)C(C)(C)C)C(=O)NCCNC(=O)[C@@H](CCC(=O)O)NC(=O)CN1C(=O)C=CC1=O. The van der Waals surface area contributed by atoms with E-state index in [4.69, 9.17) is 15.3 Å². The molecule has 1 fully saturated rings. The van der Waals surface area contributed by atoms with Crippen molar-refractivity contribution in [2.24, 2.45) is 11.1 Å². The van der Waals surface area contributed by atoms with Gasteiger partial charge in [-0.2, -0.15) is 0 Å². The summed E-state index contributed by atoms with van der Waals surface area (Å²) in [5.41, 5.74) is 5.74. The van der Waals surface area contributed by atoms with Crippen molar-refractivity contribution in [3.63, 3.8) is 0 Å². The first-order chi connectivity index (χ1) is 44.4. The third-order valence-electron chi connectivity index (χ3n) is 14.4. The predicted molar refractivity (Wildman–Crippen MR) is 322 cm³/mol. The largest absolute Gasteiger partial charge is 0.481 e. The second-order valence-corrected chi connectivity index (χ2v) is 22.9. The molecule has 1 saturated heterocycles. The van der Waals surface area contributed by atoms with Crippen LogP contribution in [0.2, 0.25) is 0 Å². The van der Waals surface area contributed by atoms with E-state index in [0.717, 1.165) is 35.9 Å². The number of amides is 13. The smallest absolute Gasteiger partial charge is 0.335 e. The van der Waals surface area contributed by atoms with Crippen molar-refractivity contribution in [2.45, 2.75) is 129 Å². The van der Waals surface area contributed by atoms with E-state index in [-0.39, 0.29) is 56.6 Å². The summed E-state index contributed by atoms with van der Waals surface area (Å²) in [5.74, 6) is -15.6. The number of nitrogens with two attached hydrogens (primary N) is 1. The van der Waals surface area contributed by atoms with Crippen molar-refractivity contribution in [1.82, 2.24) is 56.6 Å². The maximum atomic E-state index is 15.5. The molecule has 1 aromatic heterocycles. The molecule has 13 amide bonds. The molecule has 2 aliphatic heterocycles. The lowest BCUT2D eigenvalue weighted by molar-refractivity contribution is -0.198. The quantitative estimate of drug-likeness (QED) is 0.0235. The number of carbonyl (C=O) groups is 15. The molecule has 31 nitrogen and oxygen atoms in total. The summed E-state index contributed by atoms with van der Waals surface area (Å²) in [7, 11) is 0. The first-order valence-corrected chi connectivity index (χ1v) is 29.7. The molecule has 6 atom stereocenters. The summed E-state index contributed by atoms with van der Waals surface area (Å²) >= 11 is 0. The van der Waals surface area contributed by atoms with Crippen LogP contribution in [0, 0.1) is 17.0 Å². The summed E-state index contributed by atoms with van der Waals surface area (Å²) in [6, 6.07) is 4.41. The van der Waals surface area contributed by atoms with E-state index in [2.05, 4.69) is 37.2 Å². The molecule has 0 saturated carbocycles. The van der Waals surface area contributed by atoms with Gasteiger partial charge in [0.25, 0.3) is 23.6 Å². The minimum Gasteiger partial charge on any atom is -0.481 e. The number of carboxylic acids is 1. The number of imide groups is 2. The number of hydroxylamine groups is 2. The van der Waals surface area contributed by atoms with Crippen LogP contribution in [0.15, 0.2) is 72.9 Å². The van der Waals surface area contributed by atoms with Crippen LogP contribution in [0.3, 0.4) is 0 Å². The topological polar surface area (TPSA) is 440 Å². The zero-order valence-corrected chi connectivity index (χ0v) is 52.2. The summed E-state index contributed by atoms with van der Waals surface area (Å²) in [5, 5.41) is 37.0. The van der Waals surface area contributed by atoms with Gasteiger partial charge in [0.2, 0.25) is 53.2 Å². The Morgan fingerprint density at radius 1 is 0.691 bits per heavy atom. The average molecular weight is 1320 g/mol. The van der Waals surface area contributed by atoms with E-state index in [9.17, 15) is 86.5 Å².